The van der Waals surface area contributed by atoms with Gasteiger partial charge in [-0.25, -0.2) is 88.1 Å². The number of rotatable bonds is 37. The van der Waals surface area contributed by atoms with E-state index in [1.165, 1.54) is 186 Å². The minimum absolute atomic E-state index is 0.0330. The molecule has 13 saturated carbocycles. The molecule has 150 heavy (non-hydrogen) atoms. The Morgan fingerprint density at radius 3 is 0.853 bits per heavy atom. The van der Waals surface area contributed by atoms with E-state index in [2.05, 4.69) is 65.7 Å². The van der Waals surface area contributed by atoms with E-state index in [1.54, 1.807) is 92.4 Å². The van der Waals surface area contributed by atoms with Crippen molar-refractivity contribution in [2.75, 3.05) is 72.2 Å². The molecule has 14 atom stereocenters. The molecule has 0 aromatic heterocycles. The predicted molar refractivity (Wildman–Crippen MR) is 552 cm³/mol. The van der Waals surface area contributed by atoms with Crippen LogP contribution in [0.3, 0.4) is 0 Å². The molecule has 820 valence electrons. The average Bonchev–Trinajstić information content (AvgIpc) is 0.798. The van der Waals surface area contributed by atoms with Gasteiger partial charge in [0, 0.05) is 0 Å². The first-order valence-electron chi connectivity index (χ1n) is 55.8. The van der Waals surface area contributed by atoms with Crippen LogP contribution < -0.4 is 0 Å². The van der Waals surface area contributed by atoms with Crippen LogP contribution in [0.25, 0.3) is 0 Å². The minimum atomic E-state index is -0.0688. The van der Waals surface area contributed by atoms with E-state index in [0.29, 0.717) is 143 Å². The molecule has 14 unspecified atom stereocenters. The van der Waals surface area contributed by atoms with Gasteiger partial charge in [-0.2, -0.15) is 47.4 Å². The zero-order chi connectivity index (χ0) is 109. The second-order valence-corrected chi connectivity index (χ2v) is 45.5. The van der Waals surface area contributed by atoms with Crippen molar-refractivity contribution < 1.29 is 85.8 Å². The quantitative estimate of drug-likeness (QED) is 0.0317. The minimum Gasteiger partial charge on any atom is -0.427 e. The molecule has 0 amide bonds. The Labute approximate surface area is 890 Å². The number of aliphatic imine (C=N–C) groups is 9. The molecule has 0 aromatic carbocycles. The third-order valence-corrected chi connectivity index (χ3v) is 33.4. The molecule has 13 aliphatic rings. The molecule has 36 heteroatoms. The topological polar surface area (TPSA) is 562 Å². The highest BCUT2D eigenvalue weighted by molar-refractivity contribution is 5.35. The van der Waals surface area contributed by atoms with Gasteiger partial charge in [0.05, 0.1) is 57.9 Å². The van der Waals surface area contributed by atoms with E-state index in [0.717, 1.165) is 209 Å². The number of nitriles is 9. The van der Waals surface area contributed by atoms with Crippen molar-refractivity contribution in [2.24, 2.45) is 162 Å². The highest BCUT2D eigenvalue weighted by Crippen LogP contribution is 2.49. The molecular formula is C114H166N18O18. The Kier molecular flexibility index (Phi) is 69.3. The second-order valence-electron chi connectivity index (χ2n) is 45.5. The predicted octanol–water partition coefficient (Wildman–Crippen LogP) is 22.7. The Bertz CT molecular complexity index is 4630. The first-order valence-corrected chi connectivity index (χ1v) is 55.8. The van der Waals surface area contributed by atoms with E-state index in [-0.39, 0.29) is 53.4 Å². The van der Waals surface area contributed by atoms with E-state index in [1.807, 2.05) is 12.5 Å². The summed E-state index contributed by atoms with van der Waals surface area (Å²) in [5, 5.41) is 75.7. The molecule has 0 saturated heterocycles. The van der Waals surface area contributed by atoms with Crippen molar-refractivity contribution >= 4 is 54.7 Å². The highest BCUT2D eigenvalue weighted by Gasteiger charge is 2.43. The molecule has 0 N–H and O–H groups in total. The third-order valence-electron chi connectivity index (χ3n) is 33.4. The zero-order valence-corrected chi connectivity index (χ0v) is 89.5. The fourth-order valence-corrected chi connectivity index (χ4v) is 26.2. The molecular weight excluding hydrogens is 1910 g/mol. The molecule has 0 spiro atoms. The number of hydrogen-bond acceptors (Lipinski definition) is 36. The summed E-state index contributed by atoms with van der Waals surface area (Å²) in [5.74, 6) is 11.5. The fraction of sp³-hybridized carbons (Fsp3) is 0.842. The summed E-state index contributed by atoms with van der Waals surface area (Å²) in [6, 6.07) is 0.430. The standard InChI is InChI=1S/2C17H26N2O2.2C15H22N2O2.C12H18N2O2.2C10H14N2O2.2C9H12N2O2/c18-12-21-11-17-7-3-15(4-8-17)9-14-1-5-16(6-2-14)10-19-13-20;18-12-21-11-17-6-2-4-15(9-17)7-14-3-1-5-16(8-14)10-19-13-20;16-10-19-15-7-3-13(4-8-15)9-12-1-5-14(6-2-12)17-11-18;16-10-19-15-6-2-4-13(9-15)7-12-3-1-5-14(8-12)17-11-18;1-11(2)4-10(16-8-13)5-12(3,6-11)7-14-9-15;11-7-14-6-10-3-1-9(2-4-10)5-12-8-13;11-7-14-6-10-3-1-2-9(4-10)5-12-8-13;10-6-13-9-3-1-8(2-4-9)5-11-7-12;10-6-13-9-3-1-2-8(4-9)5-11-7-12/h2*14-17H,1-11H2;2*12-15H,1-9H2;10H,4-7H2,1-3H3;2*9-10H,1-6H2;2*8-9H,1-5H2. The summed E-state index contributed by atoms with van der Waals surface area (Å²) < 4.78 is 44.1. The molecule has 0 aromatic rings. The molecule has 0 aliphatic heterocycles. The van der Waals surface area contributed by atoms with Crippen LogP contribution in [0.2, 0.25) is 0 Å². The zero-order valence-electron chi connectivity index (χ0n) is 89.5. The van der Waals surface area contributed by atoms with Gasteiger partial charge in [0.25, 0.3) is 56.3 Å². The molecule has 13 fully saturated rings. The normalized spacial score (nSPS) is 31.0. The summed E-state index contributed by atoms with van der Waals surface area (Å²) in [7, 11) is 0. The van der Waals surface area contributed by atoms with Crippen LogP contribution in [0, 0.1) is 221 Å². The molecule has 36 nitrogen and oxygen atoms in total. The van der Waals surface area contributed by atoms with Crippen LogP contribution in [0.1, 0.15) is 374 Å². The number of hydrogen-bond donors (Lipinski definition) is 0. The van der Waals surface area contributed by atoms with Gasteiger partial charge in [0.15, 0.2) is 0 Å². The van der Waals surface area contributed by atoms with E-state index < -0.39 is 0 Å². The Balaban J connectivity index is 0.000000298. The monoisotopic (exact) mass is 2080 g/mol. The van der Waals surface area contributed by atoms with Gasteiger partial charge in [0.2, 0.25) is 54.7 Å². The molecule has 13 aliphatic carbocycles. The molecule has 0 bridgehead atoms. The largest absolute Gasteiger partial charge is 0.427 e. The smallest absolute Gasteiger partial charge is 0.286 e. The van der Waals surface area contributed by atoms with Crippen molar-refractivity contribution in [1.82, 2.24) is 0 Å². The summed E-state index contributed by atoms with van der Waals surface area (Å²) in [6.45, 7) is 12.8. The van der Waals surface area contributed by atoms with Gasteiger partial charge in [-0.3, -0.25) is 0 Å². The van der Waals surface area contributed by atoms with Crippen molar-refractivity contribution in [1.29, 1.82) is 47.4 Å². The highest BCUT2D eigenvalue weighted by atomic mass is 16.5. The summed E-state index contributed by atoms with van der Waals surface area (Å²) >= 11 is 0. The van der Waals surface area contributed by atoms with Crippen LogP contribution in [0.15, 0.2) is 44.9 Å². The van der Waals surface area contributed by atoms with Crippen LogP contribution in [0.4, 0.5) is 0 Å². The SMILES string of the molecule is CC1(C)CC(OC#N)CC(C)(CN=C=O)C1.N#COC1CCC(CC2CCC(N=C=O)CC2)CC1.N#COC1CCC(CN=C=O)CC1.N#COC1CCCC(CC2CCCC(N=C=O)C2)C1.N#COC1CCCC(CN=C=O)C1.N#COCC1CCC(CC2CCC(CN=C=O)CC2)CC1.N#COCC1CCC(CN=C=O)CC1.N#COCC1CCCC(CC2CCCC(CN=C=O)C2)C1.N#COCC1CCCC(CN=C=O)C1. The first kappa shape index (κ1) is 128. The van der Waals surface area contributed by atoms with E-state index in [9.17, 15) is 43.2 Å². The Morgan fingerprint density at radius 1 is 0.220 bits per heavy atom. The van der Waals surface area contributed by atoms with Gasteiger partial charge in [0.1, 0.15) is 56.9 Å². The average molecular weight is 2080 g/mol. The molecule has 13 rings (SSSR count). The molecule has 0 heterocycles. The van der Waals surface area contributed by atoms with Gasteiger partial charge >= 0.3 is 0 Å². The van der Waals surface area contributed by atoms with Crippen LogP contribution in [-0.4, -0.2) is 170 Å². The van der Waals surface area contributed by atoms with E-state index >= 15 is 0 Å². The maximum Gasteiger partial charge on any atom is 0.286 e. The molecule has 0 radical (unpaired) electrons. The lowest BCUT2D eigenvalue weighted by Gasteiger charge is -2.44. The van der Waals surface area contributed by atoms with Crippen molar-refractivity contribution in [3.8, 4) is 56.3 Å². The van der Waals surface area contributed by atoms with Crippen molar-refractivity contribution in [3.05, 3.63) is 0 Å². The van der Waals surface area contributed by atoms with Gasteiger partial charge in [-0.05, 0) is 393 Å². The van der Waals surface area contributed by atoms with Gasteiger partial charge in [-0.15, -0.1) is 0 Å². The lowest BCUT2D eigenvalue weighted by Crippen LogP contribution is -2.40. The lowest BCUT2D eigenvalue weighted by molar-refractivity contribution is -0.00683. The fourth-order valence-electron chi connectivity index (χ4n) is 26.2. The second kappa shape index (κ2) is 80.9. The van der Waals surface area contributed by atoms with Crippen molar-refractivity contribution in [3.63, 3.8) is 0 Å². The first-order chi connectivity index (χ1) is 73.1. The van der Waals surface area contributed by atoms with Crippen LogP contribution in [0.5, 0.6) is 0 Å². The summed E-state index contributed by atoms with van der Waals surface area (Å²) in [5.41, 5.74) is 0.0492. The number of nitrogens with zero attached hydrogens (tertiary/aromatic N) is 18. The van der Waals surface area contributed by atoms with Crippen molar-refractivity contribution in [2.45, 2.75) is 417 Å². The van der Waals surface area contributed by atoms with Gasteiger partial charge in [-0.1, -0.05) is 97.8 Å². The number of carbonyl (C=O) groups excluding carboxylic acids is 9. The Hall–Kier alpha value is -12.0. The maximum atomic E-state index is 10.3. The number of ether oxygens (including phenoxy) is 9. The maximum absolute atomic E-state index is 10.3. The van der Waals surface area contributed by atoms with E-state index in [4.69, 9.17) is 90.0 Å². The lowest BCUT2D eigenvalue weighted by atomic mass is 9.63. The van der Waals surface area contributed by atoms with Gasteiger partial charge < -0.3 is 42.6 Å². The summed E-state index contributed by atoms with van der Waals surface area (Å²) in [4.78, 5) is 124. The summed E-state index contributed by atoms with van der Waals surface area (Å²) in [6.07, 6.45) is 92.8. The number of isocyanates is 9. The van der Waals surface area contributed by atoms with Crippen LogP contribution >= 0.6 is 0 Å². The Morgan fingerprint density at radius 2 is 0.480 bits per heavy atom. The van der Waals surface area contributed by atoms with Crippen LogP contribution in [-0.2, 0) is 85.8 Å². The third kappa shape index (κ3) is 58.4.